The summed E-state index contributed by atoms with van der Waals surface area (Å²) in [5.74, 6) is 0. The maximum atomic E-state index is 11.3. The minimum atomic E-state index is -3.30. The molecule has 4 nitrogen and oxygen atoms in total. The van der Waals surface area contributed by atoms with Crippen molar-refractivity contribution < 1.29 is 13.5 Å². The van der Waals surface area contributed by atoms with Gasteiger partial charge in [0.2, 0.25) is 0 Å². The molecule has 0 aliphatic rings. The van der Waals surface area contributed by atoms with E-state index in [9.17, 15) is 8.42 Å². The number of nitrogen functional groups attached to an aromatic ring is 1. The lowest BCUT2D eigenvalue weighted by atomic mass is 10.1. The molecule has 0 aliphatic carbocycles. The summed E-state index contributed by atoms with van der Waals surface area (Å²) < 4.78 is 22.6. The average Bonchev–Trinajstić information content (AvgIpc) is 2.15. The van der Waals surface area contributed by atoms with E-state index < -0.39 is 9.84 Å². The molecule has 16 heavy (non-hydrogen) atoms. The SMILES string of the molecule is CS(=O)(=O)c1cc(N)c(CCCO)c(Cl)c1. The normalized spacial score (nSPS) is 11.7. The molecule has 0 saturated carbocycles. The van der Waals surface area contributed by atoms with Crippen LogP contribution in [0.1, 0.15) is 12.0 Å². The Kier molecular flexibility index (Phi) is 4.18. The Morgan fingerprint density at radius 3 is 2.50 bits per heavy atom. The largest absolute Gasteiger partial charge is 0.398 e. The predicted molar refractivity (Wildman–Crippen MR) is 64.4 cm³/mol. The second-order valence-corrected chi connectivity index (χ2v) is 6.00. The van der Waals surface area contributed by atoms with Gasteiger partial charge in [0.1, 0.15) is 0 Å². The van der Waals surface area contributed by atoms with Gasteiger partial charge in [0.25, 0.3) is 0 Å². The number of hydrogen-bond donors (Lipinski definition) is 2. The average molecular weight is 264 g/mol. The van der Waals surface area contributed by atoms with Crippen molar-refractivity contribution in [1.82, 2.24) is 0 Å². The van der Waals surface area contributed by atoms with Crippen LogP contribution < -0.4 is 5.73 Å². The molecule has 1 rings (SSSR count). The van der Waals surface area contributed by atoms with Crippen molar-refractivity contribution in [2.75, 3.05) is 18.6 Å². The highest BCUT2D eigenvalue weighted by atomic mass is 35.5. The monoisotopic (exact) mass is 263 g/mol. The fourth-order valence-corrected chi connectivity index (χ4v) is 2.42. The highest BCUT2D eigenvalue weighted by Gasteiger charge is 2.13. The summed E-state index contributed by atoms with van der Waals surface area (Å²) in [6.07, 6.45) is 2.18. The van der Waals surface area contributed by atoms with Gasteiger partial charge in [-0.15, -0.1) is 0 Å². The second-order valence-electron chi connectivity index (χ2n) is 3.57. The topological polar surface area (TPSA) is 80.4 Å². The zero-order valence-corrected chi connectivity index (χ0v) is 10.5. The molecule has 0 aromatic heterocycles. The standard InChI is InChI=1S/C10H14ClNO3S/c1-16(14,15)7-5-9(11)8(3-2-4-13)10(12)6-7/h5-6,13H,2-4,12H2,1H3. The van der Waals surface area contributed by atoms with Gasteiger partial charge in [0.05, 0.1) is 4.90 Å². The van der Waals surface area contributed by atoms with E-state index in [0.29, 0.717) is 29.1 Å². The number of rotatable bonds is 4. The molecule has 0 atom stereocenters. The number of anilines is 1. The number of benzene rings is 1. The summed E-state index contributed by atoms with van der Waals surface area (Å²) in [4.78, 5) is 0.114. The first kappa shape index (κ1) is 13.3. The maximum absolute atomic E-state index is 11.3. The quantitative estimate of drug-likeness (QED) is 0.802. The first-order valence-electron chi connectivity index (χ1n) is 4.75. The van der Waals surface area contributed by atoms with Gasteiger partial charge in [-0.25, -0.2) is 8.42 Å². The Bertz CT molecular complexity index is 462. The Balaban J connectivity index is 3.18. The molecule has 1 aromatic rings. The molecule has 0 spiro atoms. The van der Waals surface area contributed by atoms with E-state index in [-0.39, 0.29) is 11.5 Å². The Hall–Kier alpha value is -0.780. The number of hydrogen-bond acceptors (Lipinski definition) is 4. The van der Waals surface area contributed by atoms with Crippen LogP contribution in [0.25, 0.3) is 0 Å². The number of halogens is 1. The van der Waals surface area contributed by atoms with E-state index in [4.69, 9.17) is 22.4 Å². The Labute approximate surface area is 100.0 Å². The molecule has 0 radical (unpaired) electrons. The third-order valence-electron chi connectivity index (χ3n) is 2.22. The first-order valence-corrected chi connectivity index (χ1v) is 7.02. The highest BCUT2D eigenvalue weighted by molar-refractivity contribution is 7.90. The smallest absolute Gasteiger partial charge is 0.175 e. The van der Waals surface area contributed by atoms with Crippen LogP contribution in [0, 0.1) is 0 Å². The van der Waals surface area contributed by atoms with E-state index in [2.05, 4.69) is 0 Å². The van der Waals surface area contributed by atoms with Gasteiger partial charge in [-0.3, -0.25) is 0 Å². The van der Waals surface area contributed by atoms with Crippen LogP contribution in [-0.4, -0.2) is 26.4 Å². The minimum absolute atomic E-state index is 0.0452. The maximum Gasteiger partial charge on any atom is 0.175 e. The molecule has 0 fully saturated rings. The number of nitrogens with two attached hydrogens (primary N) is 1. The summed E-state index contributed by atoms with van der Waals surface area (Å²) in [6.45, 7) is 0.0452. The number of aliphatic hydroxyl groups excluding tert-OH is 1. The lowest BCUT2D eigenvalue weighted by Crippen LogP contribution is -2.03. The summed E-state index contributed by atoms with van der Waals surface area (Å²) >= 11 is 5.95. The Morgan fingerprint density at radius 2 is 2.06 bits per heavy atom. The number of aliphatic hydroxyl groups is 1. The lowest BCUT2D eigenvalue weighted by Gasteiger charge is -2.09. The first-order chi connectivity index (χ1) is 7.36. The summed E-state index contributed by atoms with van der Waals surface area (Å²) in [6, 6.07) is 2.79. The van der Waals surface area contributed by atoms with Crippen LogP contribution in [0.3, 0.4) is 0 Å². The molecular weight excluding hydrogens is 250 g/mol. The van der Waals surface area contributed by atoms with Gasteiger partial charge in [0, 0.05) is 23.6 Å². The van der Waals surface area contributed by atoms with E-state index in [0.717, 1.165) is 6.26 Å². The molecular formula is C10H14ClNO3S. The van der Waals surface area contributed by atoms with Gasteiger partial charge < -0.3 is 10.8 Å². The highest BCUT2D eigenvalue weighted by Crippen LogP contribution is 2.27. The van der Waals surface area contributed by atoms with Crippen molar-refractivity contribution in [2.45, 2.75) is 17.7 Å². The van der Waals surface area contributed by atoms with Crippen molar-refractivity contribution in [1.29, 1.82) is 0 Å². The Morgan fingerprint density at radius 1 is 1.44 bits per heavy atom. The zero-order chi connectivity index (χ0) is 12.3. The second kappa shape index (κ2) is 5.03. The van der Waals surface area contributed by atoms with Crippen molar-refractivity contribution in [3.8, 4) is 0 Å². The molecule has 1 aromatic carbocycles. The zero-order valence-electron chi connectivity index (χ0n) is 8.90. The summed E-state index contributed by atoms with van der Waals surface area (Å²) in [7, 11) is -3.30. The molecule has 3 N–H and O–H groups in total. The van der Waals surface area contributed by atoms with Crippen molar-refractivity contribution in [3.05, 3.63) is 22.7 Å². The third kappa shape index (κ3) is 3.10. The molecule has 0 amide bonds. The number of sulfone groups is 1. The van der Waals surface area contributed by atoms with Gasteiger partial charge in [0.15, 0.2) is 9.84 Å². The van der Waals surface area contributed by atoms with Crippen LogP contribution >= 0.6 is 11.6 Å². The van der Waals surface area contributed by atoms with Crippen LogP contribution in [0.15, 0.2) is 17.0 Å². The molecule has 0 bridgehead atoms. The van der Waals surface area contributed by atoms with Crippen molar-refractivity contribution >= 4 is 27.1 Å². The van der Waals surface area contributed by atoms with Gasteiger partial charge >= 0.3 is 0 Å². The molecule has 0 heterocycles. The molecule has 6 heteroatoms. The summed E-state index contributed by atoms with van der Waals surface area (Å²) in [5.41, 5.74) is 6.76. The third-order valence-corrected chi connectivity index (χ3v) is 3.65. The van der Waals surface area contributed by atoms with Gasteiger partial charge in [-0.2, -0.15) is 0 Å². The van der Waals surface area contributed by atoms with Crippen LogP contribution in [-0.2, 0) is 16.3 Å². The fraction of sp³-hybridized carbons (Fsp3) is 0.400. The van der Waals surface area contributed by atoms with Crippen LogP contribution in [0.4, 0.5) is 5.69 Å². The van der Waals surface area contributed by atoms with Crippen molar-refractivity contribution in [3.63, 3.8) is 0 Å². The minimum Gasteiger partial charge on any atom is -0.398 e. The molecule has 90 valence electrons. The van der Waals surface area contributed by atoms with E-state index in [1.165, 1.54) is 12.1 Å². The van der Waals surface area contributed by atoms with Crippen LogP contribution in [0.5, 0.6) is 0 Å². The fourth-order valence-electron chi connectivity index (χ4n) is 1.37. The molecule has 0 saturated heterocycles. The van der Waals surface area contributed by atoms with Gasteiger partial charge in [-0.1, -0.05) is 11.6 Å². The lowest BCUT2D eigenvalue weighted by molar-refractivity contribution is 0.288. The van der Waals surface area contributed by atoms with Gasteiger partial charge in [-0.05, 0) is 30.5 Å². The molecule has 0 aliphatic heterocycles. The van der Waals surface area contributed by atoms with E-state index >= 15 is 0 Å². The summed E-state index contributed by atoms with van der Waals surface area (Å²) in [5, 5.41) is 9.04. The van der Waals surface area contributed by atoms with E-state index in [1.807, 2.05) is 0 Å². The predicted octanol–water partition coefficient (Wildman–Crippen LogP) is 1.25. The van der Waals surface area contributed by atoms with Crippen molar-refractivity contribution in [2.24, 2.45) is 0 Å². The van der Waals surface area contributed by atoms with Crippen LogP contribution in [0.2, 0.25) is 5.02 Å². The molecule has 0 unspecified atom stereocenters. The van der Waals surface area contributed by atoms with E-state index in [1.54, 1.807) is 0 Å².